The Morgan fingerprint density at radius 2 is 1.46 bits per heavy atom. The van der Waals surface area contributed by atoms with Crippen molar-refractivity contribution in [1.82, 2.24) is 0 Å². The lowest BCUT2D eigenvalue weighted by molar-refractivity contribution is 0.0695. The van der Waals surface area contributed by atoms with Crippen molar-refractivity contribution in [2.75, 3.05) is 10.2 Å². The van der Waals surface area contributed by atoms with E-state index < -0.39 is 17.8 Å². The Balaban J connectivity index is 1.74. The molecule has 1 heterocycles. The predicted molar refractivity (Wildman–Crippen MR) is 105 cm³/mol. The number of imide groups is 1. The van der Waals surface area contributed by atoms with E-state index in [1.807, 2.05) is 30.3 Å². The molecule has 138 valence electrons. The minimum atomic E-state index is -1.13. The van der Waals surface area contributed by atoms with E-state index in [1.165, 1.54) is 12.1 Å². The highest BCUT2D eigenvalue weighted by molar-refractivity contribution is 6.35. The Morgan fingerprint density at radius 1 is 0.857 bits per heavy atom. The zero-order valence-electron chi connectivity index (χ0n) is 14.8. The molecule has 2 amide bonds. The van der Waals surface area contributed by atoms with Gasteiger partial charge in [-0.15, -0.1) is 0 Å². The minimum Gasteiger partial charge on any atom is -0.478 e. The highest BCUT2D eigenvalue weighted by Crippen LogP contribution is 2.34. The van der Waals surface area contributed by atoms with Crippen LogP contribution in [0, 0.1) is 0 Å². The summed E-state index contributed by atoms with van der Waals surface area (Å²) < 4.78 is 0. The summed E-state index contributed by atoms with van der Waals surface area (Å²) in [5.74, 6) is -2.07. The molecule has 0 spiro atoms. The normalized spacial score (nSPS) is 12.8. The molecule has 0 unspecified atom stereocenters. The number of nitrogens with zero attached hydrogens (tertiary/aromatic N) is 1. The molecule has 0 atom stereocenters. The van der Waals surface area contributed by atoms with Crippen molar-refractivity contribution in [2.45, 2.75) is 6.54 Å². The Labute approximate surface area is 161 Å². The first-order valence-electron chi connectivity index (χ1n) is 8.69. The summed E-state index contributed by atoms with van der Waals surface area (Å²) in [5, 5.41) is 12.5. The van der Waals surface area contributed by atoms with Gasteiger partial charge in [0.1, 0.15) is 0 Å². The maximum Gasteiger partial charge on any atom is 0.335 e. The molecule has 0 aromatic heterocycles. The SMILES string of the molecule is O=C(O)c1ccc(NCc2ccccc2)c(N2C(=O)c3ccccc3C2=O)c1. The Kier molecular flexibility index (Phi) is 4.37. The Morgan fingerprint density at radius 3 is 2.07 bits per heavy atom. The van der Waals surface area contributed by atoms with E-state index in [-0.39, 0.29) is 11.3 Å². The van der Waals surface area contributed by atoms with Crippen LogP contribution in [0.25, 0.3) is 0 Å². The number of aromatic carboxylic acids is 1. The topological polar surface area (TPSA) is 86.7 Å². The second-order valence-corrected chi connectivity index (χ2v) is 6.37. The standard InChI is InChI=1S/C22H16N2O4/c25-20-16-8-4-5-9-17(16)21(26)24(20)19-12-15(22(27)28)10-11-18(19)23-13-14-6-2-1-3-7-14/h1-12,23H,13H2,(H,27,28). The Hall–Kier alpha value is -3.93. The van der Waals surface area contributed by atoms with Crippen molar-refractivity contribution in [1.29, 1.82) is 0 Å². The van der Waals surface area contributed by atoms with Gasteiger partial charge in [0.2, 0.25) is 0 Å². The number of hydrogen-bond donors (Lipinski definition) is 2. The summed E-state index contributed by atoms with van der Waals surface area (Å²) in [4.78, 5) is 38.2. The summed E-state index contributed by atoms with van der Waals surface area (Å²) >= 11 is 0. The number of benzene rings is 3. The van der Waals surface area contributed by atoms with Gasteiger partial charge in [0, 0.05) is 6.54 Å². The first-order valence-corrected chi connectivity index (χ1v) is 8.69. The van der Waals surface area contributed by atoms with Crippen LogP contribution in [-0.4, -0.2) is 22.9 Å². The smallest absolute Gasteiger partial charge is 0.335 e. The van der Waals surface area contributed by atoms with Crippen molar-refractivity contribution < 1.29 is 19.5 Å². The van der Waals surface area contributed by atoms with Crippen molar-refractivity contribution in [3.05, 3.63) is 95.1 Å². The second-order valence-electron chi connectivity index (χ2n) is 6.37. The van der Waals surface area contributed by atoms with E-state index in [2.05, 4.69) is 5.32 Å². The third kappa shape index (κ3) is 3.01. The Bertz CT molecular complexity index is 1060. The molecule has 0 saturated carbocycles. The largest absolute Gasteiger partial charge is 0.478 e. The van der Waals surface area contributed by atoms with Crippen molar-refractivity contribution >= 4 is 29.2 Å². The number of hydrogen-bond acceptors (Lipinski definition) is 4. The van der Waals surface area contributed by atoms with Gasteiger partial charge in [0.25, 0.3) is 11.8 Å². The van der Waals surface area contributed by atoms with Gasteiger partial charge in [0.05, 0.1) is 28.1 Å². The first-order chi connectivity index (χ1) is 13.6. The molecule has 0 aliphatic carbocycles. The molecule has 28 heavy (non-hydrogen) atoms. The number of rotatable bonds is 5. The van der Waals surface area contributed by atoms with E-state index >= 15 is 0 Å². The number of fused-ring (bicyclic) bond motifs is 1. The van der Waals surface area contributed by atoms with E-state index in [9.17, 15) is 19.5 Å². The van der Waals surface area contributed by atoms with E-state index in [1.54, 1.807) is 30.3 Å². The van der Waals surface area contributed by atoms with Gasteiger partial charge in [-0.25, -0.2) is 9.69 Å². The molecule has 3 aromatic carbocycles. The van der Waals surface area contributed by atoms with Crippen LogP contribution < -0.4 is 10.2 Å². The molecule has 6 heteroatoms. The summed E-state index contributed by atoms with van der Waals surface area (Å²) in [6.45, 7) is 0.462. The van der Waals surface area contributed by atoms with Crippen LogP contribution in [0.1, 0.15) is 36.6 Å². The number of carboxylic acid groups (broad SMARTS) is 1. The average Bonchev–Trinajstić information content (AvgIpc) is 2.98. The lowest BCUT2D eigenvalue weighted by Crippen LogP contribution is -2.30. The highest BCUT2D eigenvalue weighted by Gasteiger charge is 2.37. The molecule has 0 saturated heterocycles. The van der Waals surface area contributed by atoms with Crippen LogP contribution in [0.2, 0.25) is 0 Å². The number of carbonyl (C=O) groups excluding carboxylic acids is 2. The number of carboxylic acids is 1. The van der Waals surface area contributed by atoms with Gasteiger partial charge in [-0.3, -0.25) is 9.59 Å². The quantitative estimate of drug-likeness (QED) is 0.665. The van der Waals surface area contributed by atoms with Crippen LogP contribution >= 0.6 is 0 Å². The minimum absolute atomic E-state index is 0.00295. The van der Waals surface area contributed by atoms with Gasteiger partial charge in [0.15, 0.2) is 0 Å². The molecule has 0 radical (unpaired) electrons. The monoisotopic (exact) mass is 372 g/mol. The fraction of sp³-hybridized carbons (Fsp3) is 0.0455. The van der Waals surface area contributed by atoms with Crippen LogP contribution in [-0.2, 0) is 6.54 Å². The first kappa shape index (κ1) is 17.5. The van der Waals surface area contributed by atoms with Gasteiger partial charge < -0.3 is 10.4 Å². The number of anilines is 2. The lowest BCUT2D eigenvalue weighted by Gasteiger charge is -2.20. The fourth-order valence-electron chi connectivity index (χ4n) is 3.20. The molecule has 1 aliphatic heterocycles. The van der Waals surface area contributed by atoms with E-state index in [0.717, 1.165) is 10.5 Å². The highest BCUT2D eigenvalue weighted by atomic mass is 16.4. The summed E-state index contributed by atoms with van der Waals surface area (Å²) in [7, 11) is 0. The third-order valence-electron chi connectivity index (χ3n) is 4.61. The molecular formula is C22H16N2O4. The zero-order valence-corrected chi connectivity index (χ0v) is 14.8. The van der Waals surface area contributed by atoms with Crippen LogP contribution in [0.15, 0.2) is 72.8 Å². The number of amides is 2. The molecular weight excluding hydrogens is 356 g/mol. The van der Waals surface area contributed by atoms with Crippen molar-refractivity contribution in [3.8, 4) is 0 Å². The zero-order chi connectivity index (χ0) is 19.7. The number of carbonyl (C=O) groups is 3. The van der Waals surface area contributed by atoms with Crippen molar-refractivity contribution in [3.63, 3.8) is 0 Å². The summed E-state index contributed by atoms with van der Waals surface area (Å²) in [5.41, 5.74) is 2.35. The molecule has 4 rings (SSSR count). The van der Waals surface area contributed by atoms with Crippen LogP contribution in [0.3, 0.4) is 0 Å². The summed E-state index contributed by atoms with van der Waals surface area (Å²) in [6, 6.07) is 20.5. The lowest BCUT2D eigenvalue weighted by atomic mass is 10.1. The predicted octanol–water partition coefficient (Wildman–Crippen LogP) is 3.80. The average molecular weight is 372 g/mol. The molecule has 0 fully saturated rings. The van der Waals surface area contributed by atoms with Gasteiger partial charge >= 0.3 is 5.97 Å². The molecule has 6 nitrogen and oxygen atoms in total. The maximum absolute atomic E-state index is 12.8. The van der Waals surface area contributed by atoms with E-state index in [4.69, 9.17) is 0 Å². The van der Waals surface area contributed by atoms with Gasteiger partial charge in [-0.1, -0.05) is 42.5 Å². The number of nitrogens with one attached hydrogen (secondary N) is 1. The molecule has 3 aromatic rings. The third-order valence-corrected chi connectivity index (χ3v) is 4.61. The van der Waals surface area contributed by atoms with Gasteiger partial charge in [-0.05, 0) is 35.9 Å². The van der Waals surface area contributed by atoms with Gasteiger partial charge in [-0.2, -0.15) is 0 Å². The molecule has 0 bridgehead atoms. The van der Waals surface area contributed by atoms with Crippen LogP contribution in [0.5, 0.6) is 0 Å². The second kappa shape index (κ2) is 7.00. The molecule has 2 N–H and O–H groups in total. The fourth-order valence-corrected chi connectivity index (χ4v) is 3.20. The molecule has 1 aliphatic rings. The summed E-state index contributed by atoms with van der Waals surface area (Å²) in [6.07, 6.45) is 0. The van der Waals surface area contributed by atoms with Crippen molar-refractivity contribution in [2.24, 2.45) is 0 Å². The van der Waals surface area contributed by atoms with Crippen LogP contribution in [0.4, 0.5) is 11.4 Å². The van der Waals surface area contributed by atoms with E-state index in [0.29, 0.717) is 23.4 Å². The maximum atomic E-state index is 12.8.